The molecule has 0 aliphatic heterocycles. The Hall–Kier alpha value is -3.85. The highest BCUT2D eigenvalue weighted by atomic mass is 32.2. The van der Waals surface area contributed by atoms with E-state index in [0.29, 0.717) is 5.75 Å². The van der Waals surface area contributed by atoms with Crippen molar-refractivity contribution in [1.29, 1.82) is 0 Å². The molecule has 3 aromatic rings. The molecule has 4 rings (SSSR count). The summed E-state index contributed by atoms with van der Waals surface area (Å²) >= 11 is 0. The normalized spacial score (nSPS) is 14.3. The van der Waals surface area contributed by atoms with Crippen molar-refractivity contribution in [3.05, 3.63) is 89.5 Å². The monoisotopic (exact) mass is 577 g/mol. The molecular weight excluding hydrogens is 538 g/mol. The van der Waals surface area contributed by atoms with Crippen molar-refractivity contribution in [2.24, 2.45) is 0 Å². The van der Waals surface area contributed by atoms with Gasteiger partial charge in [0.2, 0.25) is 11.8 Å². The third-order valence-electron chi connectivity index (χ3n) is 7.52. The zero-order chi connectivity index (χ0) is 29.6. The van der Waals surface area contributed by atoms with Gasteiger partial charge in [0.1, 0.15) is 18.3 Å². The van der Waals surface area contributed by atoms with Gasteiger partial charge in [-0.15, -0.1) is 0 Å². The number of ether oxygens (including phenoxy) is 1. The second kappa shape index (κ2) is 13.2. The summed E-state index contributed by atoms with van der Waals surface area (Å²) in [4.78, 5) is 29.0. The van der Waals surface area contributed by atoms with Crippen LogP contribution in [0.15, 0.2) is 77.7 Å². The average Bonchev–Trinajstić information content (AvgIpc) is 3.47. The molecule has 0 radical (unpaired) electrons. The fraction of sp³-hybridized carbons (Fsp3) is 0.375. The van der Waals surface area contributed by atoms with Gasteiger partial charge in [-0.05, 0) is 69.0 Å². The predicted molar refractivity (Wildman–Crippen MR) is 160 cm³/mol. The van der Waals surface area contributed by atoms with E-state index < -0.39 is 28.5 Å². The summed E-state index contributed by atoms with van der Waals surface area (Å²) in [6.07, 6.45) is 3.97. The van der Waals surface area contributed by atoms with Crippen LogP contribution in [0.4, 0.5) is 5.69 Å². The number of hydrogen-bond donors (Lipinski definition) is 1. The molecule has 8 nitrogen and oxygen atoms in total. The first kappa shape index (κ1) is 30.1. The third kappa shape index (κ3) is 7.27. The Balaban J connectivity index is 1.73. The molecule has 41 heavy (non-hydrogen) atoms. The van der Waals surface area contributed by atoms with Crippen molar-refractivity contribution in [2.75, 3.05) is 18.0 Å². The second-order valence-electron chi connectivity index (χ2n) is 10.7. The van der Waals surface area contributed by atoms with E-state index in [2.05, 4.69) is 5.32 Å². The number of benzene rings is 3. The van der Waals surface area contributed by atoms with Gasteiger partial charge in [-0.3, -0.25) is 13.9 Å². The van der Waals surface area contributed by atoms with Crippen molar-refractivity contribution < 1.29 is 22.7 Å². The maximum Gasteiger partial charge on any atom is 0.264 e. The van der Waals surface area contributed by atoms with Crippen molar-refractivity contribution in [1.82, 2.24) is 10.2 Å². The van der Waals surface area contributed by atoms with E-state index >= 15 is 0 Å². The quantitative estimate of drug-likeness (QED) is 0.347. The van der Waals surface area contributed by atoms with Crippen molar-refractivity contribution in [3.63, 3.8) is 0 Å². The zero-order valence-electron chi connectivity index (χ0n) is 24.2. The molecular formula is C32H39N3O5S. The highest BCUT2D eigenvalue weighted by molar-refractivity contribution is 7.92. The van der Waals surface area contributed by atoms with Gasteiger partial charge >= 0.3 is 0 Å². The van der Waals surface area contributed by atoms with Crippen LogP contribution in [0.5, 0.6) is 5.75 Å². The first-order valence-electron chi connectivity index (χ1n) is 14.0. The minimum absolute atomic E-state index is 0.0496. The van der Waals surface area contributed by atoms with Crippen LogP contribution >= 0.6 is 0 Å². The van der Waals surface area contributed by atoms with E-state index in [1.807, 2.05) is 44.2 Å². The summed E-state index contributed by atoms with van der Waals surface area (Å²) in [5, 5.41) is 3.09. The largest absolute Gasteiger partial charge is 0.495 e. The summed E-state index contributed by atoms with van der Waals surface area (Å²) in [7, 11) is -2.71. The molecule has 1 N–H and O–H groups in total. The Morgan fingerprint density at radius 3 is 2.29 bits per heavy atom. The number of carbonyl (C=O) groups is 2. The smallest absolute Gasteiger partial charge is 0.264 e. The second-order valence-corrected chi connectivity index (χ2v) is 12.5. The van der Waals surface area contributed by atoms with E-state index in [1.54, 1.807) is 37.3 Å². The van der Waals surface area contributed by atoms with Gasteiger partial charge in [-0.25, -0.2) is 8.42 Å². The van der Waals surface area contributed by atoms with E-state index in [-0.39, 0.29) is 29.1 Å². The number of sulfonamides is 1. The Morgan fingerprint density at radius 1 is 0.951 bits per heavy atom. The Morgan fingerprint density at radius 2 is 1.63 bits per heavy atom. The molecule has 0 aromatic heterocycles. The van der Waals surface area contributed by atoms with E-state index in [4.69, 9.17) is 4.74 Å². The van der Waals surface area contributed by atoms with Crippen LogP contribution in [0.2, 0.25) is 0 Å². The maximum atomic E-state index is 14.2. The highest BCUT2D eigenvalue weighted by Crippen LogP contribution is 2.33. The summed E-state index contributed by atoms with van der Waals surface area (Å²) in [6.45, 7) is 5.15. The van der Waals surface area contributed by atoms with Crippen LogP contribution in [0.1, 0.15) is 49.3 Å². The van der Waals surface area contributed by atoms with Crippen LogP contribution in [0, 0.1) is 13.8 Å². The molecule has 2 amide bonds. The molecule has 0 bridgehead atoms. The molecule has 218 valence electrons. The minimum atomic E-state index is -4.17. The number of carbonyl (C=O) groups excluding carboxylic acids is 2. The van der Waals surface area contributed by atoms with Gasteiger partial charge in [0.15, 0.2) is 0 Å². The molecule has 9 heteroatoms. The van der Waals surface area contributed by atoms with E-state index in [1.165, 1.54) is 24.1 Å². The first-order chi connectivity index (χ1) is 19.6. The van der Waals surface area contributed by atoms with Crippen molar-refractivity contribution in [3.8, 4) is 5.75 Å². The van der Waals surface area contributed by atoms with Crippen LogP contribution in [0.3, 0.4) is 0 Å². The van der Waals surface area contributed by atoms with E-state index in [9.17, 15) is 18.0 Å². The number of methoxy groups -OCH3 is 1. The molecule has 1 fully saturated rings. The lowest BCUT2D eigenvalue weighted by atomic mass is 10.1. The number of amides is 2. The predicted octanol–water partition coefficient (Wildman–Crippen LogP) is 4.98. The molecule has 1 aliphatic carbocycles. The molecule has 3 aromatic carbocycles. The van der Waals surface area contributed by atoms with Crippen molar-refractivity contribution >= 4 is 27.5 Å². The summed E-state index contributed by atoms with van der Waals surface area (Å²) in [6, 6.07) is 20.2. The molecule has 0 unspecified atom stereocenters. The molecule has 0 heterocycles. The number of aryl methyl sites for hydroxylation is 2. The fourth-order valence-electron chi connectivity index (χ4n) is 5.21. The molecule has 1 saturated carbocycles. The number of nitrogens with zero attached hydrogens (tertiary/aromatic N) is 2. The molecule has 0 spiro atoms. The first-order valence-corrected chi connectivity index (χ1v) is 15.4. The van der Waals surface area contributed by atoms with Gasteiger partial charge in [0.05, 0.1) is 17.7 Å². The topological polar surface area (TPSA) is 96.0 Å². The summed E-state index contributed by atoms with van der Waals surface area (Å²) < 4.78 is 34.7. The third-order valence-corrected chi connectivity index (χ3v) is 9.29. The molecule has 0 saturated heterocycles. The standard InChI is InChI=1S/C32H39N3O5S/c1-23-11-10-12-26(19-23)21-34(25(3)32(37)33-27-13-8-9-14-27)31(36)22-35(29-20-24(2)17-18-30(29)40-4)41(38,39)28-15-6-5-7-16-28/h5-7,10-12,15-20,25,27H,8-9,13-14,21-22H2,1-4H3,(H,33,37)/t25-/m0/s1. The average molecular weight is 578 g/mol. The van der Waals surface area contributed by atoms with Crippen LogP contribution in [0.25, 0.3) is 0 Å². The number of hydrogen-bond acceptors (Lipinski definition) is 5. The van der Waals surface area contributed by atoms with Crippen LogP contribution < -0.4 is 14.4 Å². The zero-order valence-corrected chi connectivity index (χ0v) is 25.0. The minimum Gasteiger partial charge on any atom is -0.495 e. The van der Waals surface area contributed by atoms with Gasteiger partial charge in [-0.2, -0.15) is 0 Å². The van der Waals surface area contributed by atoms with E-state index in [0.717, 1.165) is 46.7 Å². The van der Waals surface area contributed by atoms with Gasteiger partial charge in [0, 0.05) is 12.6 Å². The summed E-state index contributed by atoms with van der Waals surface area (Å²) in [5.74, 6) is -0.424. The number of nitrogens with one attached hydrogen (secondary N) is 1. The van der Waals surface area contributed by atoms with Gasteiger partial charge in [0.25, 0.3) is 10.0 Å². The molecule has 1 aliphatic rings. The Bertz CT molecular complexity index is 1470. The SMILES string of the molecule is COc1ccc(C)cc1N(CC(=O)N(Cc1cccc(C)c1)[C@@H](C)C(=O)NC1CCCC1)S(=O)(=O)c1ccccc1. The lowest BCUT2D eigenvalue weighted by molar-refractivity contribution is -0.139. The van der Waals surface area contributed by atoms with Crippen molar-refractivity contribution in [2.45, 2.75) is 70.0 Å². The lowest BCUT2D eigenvalue weighted by Gasteiger charge is -2.33. The fourth-order valence-corrected chi connectivity index (χ4v) is 6.65. The van der Waals surface area contributed by atoms with Crippen LogP contribution in [-0.4, -0.2) is 50.9 Å². The highest BCUT2D eigenvalue weighted by Gasteiger charge is 2.34. The Labute approximate surface area is 243 Å². The lowest BCUT2D eigenvalue weighted by Crippen LogP contribution is -2.52. The summed E-state index contributed by atoms with van der Waals surface area (Å²) in [5.41, 5.74) is 2.94. The maximum absolute atomic E-state index is 14.2. The van der Waals surface area contributed by atoms with Gasteiger partial charge < -0.3 is 15.0 Å². The molecule has 1 atom stereocenters. The number of anilines is 1. The van der Waals surface area contributed by atoms with Crippen LogP contribution in [-0.2, 0) is 26.2 Å². The van der Waals surface area contributed by atoms with Gasteiger partial charge in [-0.1, -0.05) is 66.9 Å². The number of rotatable bonds is 11. The Kier molecular flexibility index (Phi) is 9.70.